The largest absolute Gasteiger partial charge is 0.444 e. The van der Waals surface area contributed by atoms with E-state index in [0.717, 1.165) is 31.2 Å². The van der Waals surface area contributed by atoms with E-state index in [4.69, 9.17) is 9.47 Å². The summed E-state index contributed by atoms with van der Waals surface area (Å²) in [7, 11) is 1.84. The molecule has 33 heavy (non-hydrogen) atoms. The highest BCUT2D eigenvalue weighted by Crippen LogP contribution is 2.22. The van der Waals surface area contributed by atoms with Gasteiger partial charge >= 0.3 is 6.09 Å². The van der Waals surface area contributed by atoms with Crippen LogP contribution in [0.3, 0.4) is 0 Å². The first kappa shape index (κ1) is 24.6. The fourth-order valence-corrected chi connectivity index (χ4v) is 3.77. The van der Waals surface area contributed by atoms with Crippen LogP contribution in [0.1, 0.15) is 65.2 Å². The Morgan fingerprint density at radius 3 is 2.27 bits per heavy atom. The Labute approximate surface area is 194 Å². The molecule has 0 aromatic carbocycles. The highest BCUT2D eigenvalue weighted by atomic mass is 16.6. The van der Waals surface area contributed by atoms with Gasteiger partial charge in [-0.05, 0) is 53.4 Å². The normalized spacial score (nSPS) is 19.5. The van der Waals surface area contributed by atoms with Gasteiger partial charge in [0.1, 0.15) is 5.60 Å². The van der Waals surface area contributed by atoms with Gasteiger partial charge in [0, 0.05) is 37.5 Å². The second-order valence-corrected chi connectivity index (χ2v) is 9.27. The minimum atomic E-state index is -0.830. The number of hydrogen-bond acceptors (Lipinski definition) is 7. The standard InChI is InChI=1S/C23H34N6O4/c1-6-32-20(19-13-24-18(12-25-19)15-11-26-29(5)14-15)21(30)27-16-7-9-17(10-8-16)28-22(31)33-23(2,3)4/h11-14,16-17,20H,6-10H2,1-5H3,(H,27,30)(H,28,31). The quantitative estimate of drug-likeness (QED) is 0.654. The summed E-state index contributed by atoms with van der Waals surface area (Å²) in [5.41, 5.74) is 1.47. The van der Waals surface area contributed by atoms with Crippen molar-refractivity contribution in [3.63, 3.8) is 0 Å². The maximum absolute atomic E-state index is 13.0. The van der Waals surface area contributed by atoms with Crippen LogP contribution in [-0.2, 0) is 21.3 Å². The molecule has 10 nitrogen and oxygen atoms in total. The monoisotopic (exact) mass is 458 g/mol. The van der Waals surface area contributed by atoms with E-state index in [1.165, 1.54) is 0 Å². The Kier molecular flexibility index (Phi) is 8.01. The molecule has 1 aliphatic rings. The summed E-state index contributed by atoms with van der Waals surface area (Å²) in [6.45, 7) is 7.72. The molecular formula is C23H34N6O4. The van der Waals surface area contributed by atoms with E-state index in [9.17, 15) is 9.59 Å². The molecule has 1 unspecified atom stereocenters. The van der Waals surface area contributed by atoms with Crippen molar-refractivity contribution in [1.29, 1.82) is 0 Å². The van der Waals surface area contributed by atoms with Crippen LogP contribution in [0.5, 0.6) is 0 Å². The average molecular weight is 459 g/mol. The van der Waals surface area contributed by atoms with Gasteiger partial charge in [0.05, 0.1) is 30.0 Å². The summed E-state index contributed by atoms with van der Waals surface area (Å²) in [4.78, 5) is 33.8. The molecule has 2 aromatic rings. The molecule has 1 atom stereocenters. The molecule has 3 rings (SSSR count). The van der Waals surface area contributed by atoms with E-state index < -0.39 is 17.8 Å². The minimum absolute atomic E-state index is 0.0137. The highest BCUT2D eigenvalue weighted by Gasteiger charge is 2.29. The number of hydrogen-bond donors (Lipinski definition) is 2. The molecule has 0 spiro atoms. The van der Waals surface area contributed by atoms with E-state index in [2.05, 4.69) is 25.7 Å². The number of carbonyl (C=O) groups is 2. The second kappa shape index (κ2) is 10.7. The predicted octanol–water partition coefficient (Wildman–Crippen LogP) is 2.91. The molecule has 1 saturated carbocycles. The van der Waals surface area contributed by atoms with Crippen LogP contribution in [0, 0.1) is 0 Å². The van der Waals surface area contributed by atoms with E-state index in [0.29, 0.717) is 18.0 Å². The van der Waals surface area contributed by atoms with Gasteiger partial charge < -0.3 is 20.1 Å². The van der Waals surface area contributed by atoms with Crippen LogP contribution < -0.4 is 10.6 Å². The van der Waals surface area contributed by atoms with Gasteiger partial charge in [-0.15, -0.1) is 0 Å². The van der Waals surface area contributed by atoms with Crippen LogP contribution in [0.4, 0.5) is 4.79 Å². The molecule has 1 aliphatic carbocycles. The molecule has 2 heterocycles. The Bertz CT molecular complexity index is 929. The number of nitrogens with one attached hydrogen (secondary N) is 2. The second-order valence-electron chi connectivity index (χ2n) is 9.27. The zero-order chi connectivity index (χ0) is 24.0. The molecule has 2 N–H and O–H groups in total. The first-order valence-electron chi connectivity index (χ1n) is 11.4. The average Bonchev–Trinajstić information content (AvgIpc) is 3.18. The molecular weight excluding hydrogens is 424 g/mol. The third-order valence-corrected chi connectivity index (χ3v) is 5.31. The van der Waals surface area contributed by atoms with Crippen LogP contribution in [0.15, 0.2) is 24.8 Å². The Morgan fingerprint density at radius 1 is 1.09 bits per heavy atom. The smallest absolute Gasteiger partial charge is 0.407 e. The molecule has 0 radical (unpaired) electrons. The van der Waals surface area contributed by atoms with Gasteiger partial charge in [-0.1, -0.05) is 0 Å². The van der Waals surface area contributed by atoms with Crippen LogP contribution >= 0.6 is 0 Å². The highest BCUT2D eigenvalue weighted by molar-refractivity contribution is 5.82. The lowest BCUT2D eigenvalue weighted by Crippen LogP contribution is -2.46. The van der Waals surface area contributed by atoms with Gasteiger partial charge in [0.25, 0.3) is 5.91 Å². The van der Waals surface area contributed by atoms with Crippen molar-refractivity contribution in [1.82, 2.24) is 30.4 Å². The van der Waals surface area contributed by atoms with Crippen molar-refractivity contribution in [3.8, 4) is 11.3 Å². The molecule has 1 fully saturated rings. The van der Waals surface area contributed by atoms with Crippen LogP contribution in [-0.4, -0.2) is 56.0 Å². The number of aromatic nitrogens is 4. The summed E-state index contributed by atoms with van der Waals surface area (Å²) < 4.78 is 12.7. The molecule has 0 aliphatic heterocycles. The van der Waals surface area contributed by atoms with Gasteiger partial charge in [-0.25, -0.2) is 4.79 Å². The number of amides is 2. The number of alkyl carbamates (subject to hydrolysis) is 1. The number of carbonyl (C=O) groups excluding carboxylic acids is 2. The van der Waals surface area contributed by atoms with Crippen LogP contribution in [0.2, 0.25) is 0 Å². The topological polar surface area (TPSA) is 120 Å². The lowest BCUT2D eigenvalue weighted by Gasteiger charge is -2.31. The van der Waals surface area contributed by atoms with Gasteiger partial charge in [-0.2, -0.15) is 5.10 Å². The third kappa shape index (κ3) is 7.24. The summed E-state index contributed by atoms with van der Waals surface area (Å²) in [6, 6.07) is 0.0568. The van der Waals surface area contributed by atoms with E-state index >= 15 is 0 Å². The maximum Gasteiger partial charge on any atom is 0.407 e. The Hall–Kier alpha value is -3.01. The summed E-state index contributed by atoms with van der Waals surface area (Å²) in [5.74, 6) is -0.233. The zero-order valence-corrected chi connectivity index (χ0v) is 20.0. The Morgan fingerprint density at radius 2 is 1.76 bits per heavy atom. The fraction of sp³-hybridized carbons (Fsp3) is 0.609. The van der Waals surface area contributed by atoms with Crippen LogP contribution in [0.25, 0.3) is 11.3 Å². The molecule has 10 heteroatoms. The van der Waals surface area contributed by atoms with Gasteiger partial charge in [-0.3, -0.25) is 19.4 Å². The SMILES string of the molecule is CCOC(C(=O)NC1CCC(NC(=O)OC(C)(C)C)CC1)c1cnc(-c2cnn(C)c2)cn1. The van der Waals surface area contributed by atoms with Crippen molar-refractivity contribution in [2.24, 2.45) is 7.05 Å². The maximum atomic E-state index is 13.0. The number of nitrogens with zero attached hydrogens (tertiary/aromatic N) is 4. The first-order valence-corrected chi connectivity index (χ1v) is 11.4. The van der Waals surface area contributed by atoms with Crippen molar-refractivity contribution < 1.29 is 19.1 Å². The number of ether oxygens (including phenoxy) is 2. The summed E-state index contributed by atoms with van der Waals surface area (Å²) in [5, 5.41) is 10.1. The van der Waals surface area contributed by atoms with Gasteiger partial charge in [0.15, 0.2) is 6.10 Å². The molecule has 2 aromatic heterocycles. The van der Waals surface area contributed by atoms with Gasteiger partial charge in [0.2, 0.25) is 0 Å². The minimum Gasteiger partial charge on any atom is -0.444 e. The summed E-state index contributed by atoms with van der Waals surface area (Å²) >= 11 is 0. The van der Waals surface area contributed by atoms with Crippen molar-refractivity contribution in [2.75, 3.05) is 6.61 Å². The lowest BCUT2D eigenvalue weighted by molar-refractivity contribution is -0.134. The van der Waals surface area contributed by atoms with Crippen molar-refractivity contribution in [3.05, 3.63) is 30.5 Å². The molecule has 180 valence electrons. The summed E-state index contributed by atoms with van der Waals surface area (Å²) in [6.07, 6.45) is 8.58. The molecule has 2 amide bonds. The zero-order valence-electron chi connectivity index (χ0n) is 20.0. The van der Waals surface area contributed by atoms with E-state index in [1.54, 1.807) is 23.3 Å². The van der Waals surface area contributed by atoms with E-state index in [-0.39, 0.29) is 18.0 Å². The predicted molar refractivity (Wildman–Crippen MR) is 122 cm³/mol. The Balaban J connectivity index is 1.54. The lowest BCUT2D eigenvalue weighted by atomic mass is 9.91. The third-order valence-electron chi connectivity index (χ3n) is 5.31. The first-order chi connectivity index (χ1) is 15.6. The fourth-order valence-electron chi connectivity index (χ4n) is 3.77. The van der Waals surface area contributed by atoms with Crippen molar-refractivity contribution >= 4 is 12.0 Å². The van der Waals surface area contributed by atoms with E-state index in [1.807, 2.05) is 40.9 Å². The molecule has 0 bridgehead atoms. The molecule has 0 saturated heterocycles. The van der Waals surface area contributed by atoms with Crippen molar-refractivity contribution in [2.45, 2.75) is 77.2 Å². The number of rotatable bonds is 7. The number of aryl methyl sites for hydroxylation is 1.